The van der Waals surface area contributed by atoms with Crippen LogP contribution >= 0.6 is 0 Å². The summed E-state index contributed by atoms with van der Waals surface area (Å²) in [7, 11) is 0. The van der Waals surface area contributed by atoms with Crippen LogP contribution in [0.4, 0.5) is 0 Å². The third kappa shape index (κ3) is 4.14. The molecular weight excluding hydrogens is 418 g/mol. The van der Waals surface area contributed by atoms with Crippen LogP contribution in [0.2, 0.25) is 0 Å². The number of hydrogen-bond acceptors (Lipinski definition) is 9. The predicted octanol–water partition coefficient (Wildman–Crippen LogP) is -1.19. The van der Waals surface area contributed by atoms with E-state index in [0.29, 0.717) is 11.8 Å². The Bertz CT molecular complexity index is 651. The Morgan fingerprint density at radius 2 is 1.59 bits per heavy atom. The van der Waals surface area contributed by atoms with Crippen molar-refractivity contribution in [1.82, 2.24) is 4.90 Å². The Morgan fingerprint density at radius 3 is 2.38 bits per heavy atom. The zero-order valence-electron chi connectivity index (χ0n) is 18.5. The van der Waals surface area contributed by atoms with Gasteiger partial charge in [-0.15, -0.1) is 0 Å². The van der Waals surface area contributed by atoms with Gasteiger partial charge in [-0.1, -0.05) is 0 Å². The van der Waals surface area contributed by atoms with Gasteiger partial charge in [0.25, 0.3) is 0 Å². The molecule has 0 radical (unpaired) electrons. The van der Waals surface area contributed by atoms with Gasteiger partial charge in [-0.05, 0) is 75.2 Å². The first-order valence-electron chi connectivity index (χ1n) is 12.4. The van der Waals surface area contributed by atoms with Gasteiger partial charge < -0.3 is 40.1 Å². The van der Waals surface area contributed by atoms with E-state index >= 15 is 0 Å². The fourth-order valence-corrected chi connectivity index (χ4v) is 7.41. The van der Waals surface area contributed by atoms with Crippen LogP contribution in [-0.2, 0) is 9.47 Å². The number of rotatable bonds is 3. The maximum Gasteiger partial charge on any atom is 0.186 e. The second-order valence-corrected chi connectivity index (χ2v) is 10.8. The van der Waals surface area contributed by atoms with Gasteiger partial charge in [0.15, 0.2) is 6.29 Å². The van der Waals surface area contributed by atoms with Gasteiger partial charge in [-0.3, -0.25) is 4.90 Å². The molecule has 3 saturated heterocycles. The van der Waals surface area contributed by atoms with Crippen molar-refractivity contribution in [3.63, 3.8) is 0 Å². The lowest BCUT2D eigenvalue weighted by molar-refractivity contribution is -0.315. The third-order valence-corrected chi connectivity index (χ3v) is 9.09. The zero-order chi connectivity index (χ0) is 22.6. The van der Waals surface area contributed by atoms with Gasteiger partial charge in [0.2, 0.25) is 0 Å². The van der Waals surface area contributed by atoms with Gasteiger partial charge in [0.1, 0.15) is 24.4 Å². The van der Waals surface area contributed by atoms with Crippen molar-refractivity contribution in [3.8, 4) is 0 Å². The predicted molar refractivity (Wildman–Crippen MR) is 112 cm³/mol. The summed E-state index contributed by atoms with van der Waals surface area (Å²) in [4.78, 5) is 2.43. The second kappa shape index (κ2) is 9.36. The van der Waals surface area contributed by atoms with E-state index in [-0.39, 0.29) is 30.1 Å². The van der Waals surface area contributed by atoms with Crippen molar-refractivity contribution in [2.24, 2.45) is 23.7 Å². The lowest BCUT2D eigenvalue weighted by atomic mass is 9.62. The van der Waals surface area contributed by atoms with Crippen LogP contribution in [0.1, 0.15) is 44.9 Å². The summed E-state index contributed by atoms with van der Waals surface area (Å²) in [5, 5.41) is 61.3. The van der Waals surface area contributed by atoms with E-state index in [2.05, 4.69) is 4.90 Å². The molecule has 0 aromatic heterocycles. The quantitative estimate of drug-likeness (QED) is 0.308. The zero-order valence-corrected chi connectivity index (χ0v) is 18.5. The largest absolute Gasteiger partial charge is 0.394 e. The number of ether oxygens (including phenoxy) is 2. The molecule has 13 atom stereocenters. The molecule has 0 aromatic carbocycles. The number of nitrogens with zero attached hydrogens (tertiary/aromatic N) is 1. The van der Waals surface area contributed by atoms with Crippen LogP contribution in [0, 0.1) is 23.7 Å². The highest BCUT2D eigenvalue weighted by Gasteiger charge is 2.53. The molecule has 2 aliphatic carbocycles. The first-order chi connectivity index (χ1) is 15.4. The number of aliphatic hydroxyl groups excluding tert-OH is 6. The fourth-order valence-electron chi connectivity index (χ4n) is 7.41. The molecule has 2 saturated carbocycles. The van der Waals surface area contributed by atoms with Crippen LogP contribution < -0.4 is 0 Å². The monoisotopic (exact) mass is 457 g/mol. The van der Waals surface area contributed by atoms with E-state index in [1.165, 1.54) is 0 Å². The molecule has 5 rings (SSSR count). The SMILES string of the molecule is OCC1OC(OC2CCC3C(C2)CN2CCC4CCC(O)CC4C2C3O)C(O)C(O)C1O. The minimum absolute atomic E-state index is 0.132. The van der Waals surface area contributed by atoms with Crippen molar-refractivity contribution in [2.45, 2.75) is 100 Å². The van der Waals surface area contributed by atoms with Crippen LogP contribution in [0.15, 0.2) is 0 Å². The number of fused-ring (bicyclic) bond motifs is 4. The smallest absolute Gasteiger partial charge is 0.186 e. The molecule has 184 valence electrons. The van der Waals surface area contributed by atoms with Crippen molar-refractivity contribution in [1.29, 1.82) is 0 Å². The van der Waals surface area contributed by atoms with E-state index in [9.17, 15) is 30.6 Å². The number of aliphatic hydroxyl groups is 6. The third-order valence-electron chi connectivity index (χ3n) is 9.09. The molecule has 5 fully saturated rings. The summed E-state index contributed by atoms with van der Waals surface area (Å²) in [5.74, 6) is 1.45. The summed E-state index contributed by atoms with van der Waals surface area (Å²) in [6.45, 7) is 1.42. The molecule has 3 heterocycles. The maximum atomic E-state index is 11.4. The fraction of sp³-hybridized carbons (Fsp3) is 1.00. The Labute approximate surface area is 188 Å². The summed E-state index contributed by atoms with van der Waals surface area (Å²) in [6.07, 6.45) is -0.991. The van der Waals surface area contributed by atoms with E-state index in [1.54, 1.807) is 0 Å². The van der Waals surface area contributed by atoms with Gasteiger partial charge in [0.05, 0.1) is 24.9 Å². The molecule has 5 aliphatic rings. The molecule has 0 amide bonds. The van der Waals surface area contributed by atoms with Gasteiger partial charge in [-0.2, -0.15) is 0 Å². The van der Waals surface area contributed by atoms with Crippen molar-refractivity contribution >= 4 is 0 Å². The lowest BCUT2D eigenvalue weighted by Crippen LogP contribution is -2.65. The summed E-state index contributed by atoms with van der Waals surface area (Å²) in [6, 6.07) is 0.132. The first-order valence-corrected chi connectivity index (χ1v) is 12.4. The summed E-state index contributed by atoms with van der Waals surface area (Å²) in [5.41, 5.74) is 0. The first kappa shape index (κ1) is 23.4. The number of piperidine rings is 2. The Hall–Kier alpha value is -0.360. The molecular formula is C23H39NO8. The molecule has 9 heteroatoms. The van der Waals surface area contributed by atoms with Crippen molar-refractivity contribution < 1.29 is 40.1 Å². The van der Waals surface area contributed by atoms with E-state index in [1.807, 2.05) is 0 Å². The Kier molecular flexibility index (Phi) is 6.84. The topological polar surface area (TPSA) is 143 Å². The molecule has 0 spiro atoms. The lowest BCUT2D eigenvalue weighted by Gasteiger charge is -2.57. The highest BCUT2D eigenvalue weighted by Crippen LogP contribution is 2.48. The normalized spacial score (nSPS) is 54.4. The van der Waals surface area contributed by atoms with Crippen LogP contribution in [0.25, 0.3) is 0 Å². The number of hydrogen-bond donors (Lipinski definition) is 6. The van der Waals surface area contributed by atoms with E-state index in [4.69, 9.17) is 9.47 Å². The molecule has 6 N–H and O–H groups in total. The molecule has 9 nitrogen and oxygen atoms in total. The van der Waals surface area contributed by atoms with Crippen molar-refractivity contribution in [3.05, 3.63) is 0 Å². The Balaban J connectivity index is 1.23. The van der Waals surface area contributed by atoms with Crippen LogP contribution in [-0.4, -0.2) is 110 Å². The van der Waals surface area contributed by atoms with E-state index < -0.39 is 43.4 Å². The van der Waals surface area contributed by atoms with Gasteiger partial charge in [-0.25, -0.2) is 0 Å². The van der Waals surface area contributed by atoms with Gasteiger partial charge >= 0.3 is 0 Å². The molecule has 32 heavy (non-hydrogen) atoms. The minimum Gasteiger partial charge on any atom is -0.394 e. The standard InChI is InChI=1S/C23H39NO8/c25-10-17-20(28)21(29)22(30)23(32-17)31-14-3-4-15-12(7-14)9-24-6-5-11-1-2-13(26)8-16(11)18(24)19(15)27/h11-23,25-30H,1-10H2. The maximum absolute atomic E-state index is 11.4. The average molecular weight is 458 g/mol. The summed E-state index contributed by atoms with van der Waals surface area (Å²) < 4.78 is 11.6. The van der Waals surface area contributed by atoms with Crippen LogP contribution in [0.3, 0.4) is 0 Å². The second-order valence-electron chi connectivity index (χ2n) is 10.8. The molecule has 3 aliphatic heterocycles. The minimum atomic E-state index is -1.44. The average Bonchev–Trinajstić information content (AvgIpc) is 2.79. The van der Waals surface area contributed by atoms with Crippen molar-refractivity contribution in [2.75, 3.05) is 19.7 Å². The molecule has 0 bridgehead atoms. The molecule has 13 unspecified atom stereocenters. The highest BCUT2D eigenvalue weighted by atomic mass is 16.7. The highest BCUT2D eigenvalue weighted by molar-refractivity contribution is 5.04. The Morgan fingerprint density at radius 1 is 0.781 bits per heavy atom. The van der Waals surface area contributed by atoms with Crippen LogP contribution in [0.5, 0.6) is 0 Å². The van der Waals surface area contributed by atoms with E-state index in [0.717, 1.165) is 58.0 Å². The van der Waals surface area contributed by atoms with Gasteiger partial charge in [0, 0.05) is 12.6 Å². The molecule has 0 aromatic rings. The summed E-state index contributed by atoms with van der Waals surface area (Å²) >= 11 is 0.